The van der Waals surface area contributed by atoms with E-state index in [-0.39, 0.29) is 6.04 Å². The van der Waals surface area contributed by atoms with Gasteiger partial charge in [0.1, 0.15) is 0 Å². The maximum atomic E-state index is 6.17. The monoisotopic (exact) mass is 239 g/mol. The number of nitrogens with two attached hydrogens (primary N) is 1. The van der Waals surface area contributed by atoms with Crippen LogP contribution in [0.1, 0.15) is 37.8 Å². The molecule has 1 heteroatoms. The molecule has 18 heavy (non-hydrogen) atoms. The first kappa shape index (κ1) is 12.8. The Kier molecular flexibility index (Phi) is 4.54. The van der Waals surface area contributed by atoms with Gasteiger partial charge in [0, 0.05) is 6.04 Å². The molecule has 2 N–H and O–H groups in total. The molecular formula is C17H21N. The van der Waals surface area contributed by atoms with Gasteiger partial charge in [0.25, 0.3) is 0 Å². The SMILES string of the molecule is CCCC[C@H](N)c1ccc(-c2ccccc2)cc1. The van der Waals surface area contributed by atoms with Crippen LogP contribution in [0.5, 0.6) is 0 Å². The third kappa shape index (κ3) is 3.21. The van der Waals surface area contributed by atoms with E-state index in [1.165, 1.54) is 29.5 Å². The second-order valence-corrected chi connectivity index (χ2v) is 4.74. The summed E-state index contributed by atoms with van der Waals surface area (Å²) < 4.78 is 0. The molecule has 0 spiro atoms. The van der Waals surface area contributed by atoms with E-state index < -0.39 is 0 Å². The van der Waals surface area contributed by atoms with E-state index in [9.17, 15) is 0 Å². The molecule has 2 aromatic rings. The Hall–Kier alpha value is -1.60. The predicted molar refractivity (Wildman–Crippen MR) is 78.3 cm³/mol. The summed E-state index contributed by atoms with van der Waals surface area (Å²) in [6, 6.07) is 19.2. The van der Waals surface area contributed by atoms with Crippen LogP contribution in [0.2, 0.25) is 0 Å². The Bertz CT molecular complexity index is 459. The first-order valence-corrected chi connectivity index (χ1v) is 6.72. The van der Waals surface area contributed by atoms with Crippen molar-refractivity contribution in [2.45, 2.75) is 32.2 Å². The van der Waals surface area contributed by atoms with Gasteiger partial charge in [-0.25, -0.2) is 0 Å². The van der Waals surface area contributed by atoms with Gasteiger partial charge in [0.2, 0.25) is 0 Å². The van der Waals surface area contributed by atoms with E-state index in [1.807, 2.05) is 6.07 Å². The molecule has 0 aliphatic rings. The molecule has 0 bridgehead atoms. The lowest BCUT2D eigenvalue weighted by Crippen LogP contribution is -2.09. The van der Waals surface area contributed by atoms with Crippen molar-refractivity contribution in [1.82, 2.24) is 0 Å². The van der Waals surface area contributed by atoms with Crippen LogP contribution < -0.4 is 5.73 Å². The van der Waals surface area contributed by atoms with Gasteiger partial charge in [-0.3, -0.25) is 0 Å². The predicted octanol–water partition coefficient (Wildman–Crippen LogP) is 4.54. The Balaban J connectivity index is 2.10. The van der Waals surface area contributed by atoms with Gasteiger partial charge in [0.15, 0.2) is 0 Å². The average Bonchev–Trinajstić information content (AvgIpc) is 2.46. The van der Waals surface area contributed by atoms with Gasteiger partial charge in [-0.15, -0.1) is 0 Å². The molecule has 0 saturated carbocycles. The van der Waals surface area contributed by atoms with E-state index in [4.69, 9.17) is 5.73 Å². The van der Waals surface area contributed by atoms with Gasteiger partial charge in [-0.05, 0) is 23.1 Å². The Labute approximate surface area is 110 Å². The van der Waals surface area contributed by atoms with Gasteiger partial charge >= 0.3 is 0 Å². The minimum Gasteiger partial charge on any atom is -0.324 e. The molecule has 0 aromatic heterocycles. The molecule has 1 atom stereocenters. The molecule has 2 aromatic carbocycles. The molecule has 2 rings (SSSR count). The highest BCUT2D eigenvalue weighted by Crippen LogP contribution is 2.22. The minimum absolute atomic E-state index is 0.176. The summed E-state index contributed by atoms with van der Waals surface area (Å²) in [5.41, 5.74) is 9.92. The largest absolute Gasteiger partial charge is 0.324 e. The molecule has 0 unspecified atom stereocenters. The molecule has 0 aliphatic carbocycles. The van der Waals surface area contributed by atoms with Crippen molar-refractivity contribution in [2.75, 3.05) is 0 Å². The Morgan fingerprint density at radius 2 is 1.50 bits per heavy atom. The number of unbranched alkanes of at least 4 members (excludes halogenated alkanes) is 1. The number of hydrogen-bond donors (Lipinski definition) is 1. The zero-order valence-corrected chi connectivity index (χ0v) is 11.0. The standard InChI is InChI=1S/C17H21N/c1-2-3-9-17(18)16-12-10-15(11-13-16)14-7-5-4-6-8-14/h4-8,10-13,17H,2-3,9,18H2,1H3/t17-/m0/s1. The van der Waals surface area contributed by atoms with Crippen LogP contribution in [-0.4, -0.2) is 0 Å². The minimum atomic E-state index is 0.176. The molecule has 94 valence electrons. The van der Waals surface area contributed by atoms with Crippen molar-refractivity contribution in [2.24, 2.45) is 5.73 Å². The lowest BCUT2D eigenvalue weighted by Gasteiger charge is -2.12. The van der Waals surface area contributed by atoms with Gasteiger partial charge < -0.3 is 5.73 Å². The molecular weight excluding hydrogens is 218 g/mol. The summed E-state index contributed by atoms with van der Waals surface area (Å²) in [4.78, 5) is 0. The van der Waals surface area contributed by atoms with Crippen molar-refractivity contribution in [1.29, 1.82) is 0 Å². The summed E-state index contributed by atoms with van der Waals surface area (Å²) in [7, 11) is 0. The highest BCUT2D eigenvalue weighted by Gasteiger charge is 2.05. The van der Waals surface area contributed by atoms with Crippen molar-refractivity contribution < 1.29 is 0 Å². The number of hydrogen-bond acceptors (Lipinski definition) is 1. The van der Waals surface area contributed by atoms with Crippen LogP contribution in [0.15, 0.2) is 54.6 Å². The summed E-state index contributed by atoms with van der Waals surface area (Å²) in [6.07, 6.45) is 3.47. The average molecular weight is 239 g/mol. The second kappa shape index (κ2) is 6.36. The van der Waals surface area contributed by atoms with Crippen molar-refractivity contribution in [3.05, 3.63) is 60.2 Å². The van der Waals surface area contributed by atoms with E-state index in [0.29, 0.717) is 0 Å². The normalized spacial score (nSPS) is 12.3. The van der Waals surface area contributed by atoms with Crippen LogP contribution in [0.3, 0.4) is 0 Å². The van der Waals surface area contributed by atoms with E-state index in [2.05, 4.69) is 55.5 Å². The molecule has 0 amide bonds. The van der Waals surface area contributed by atoms with Crippen LogP contribution in [0.4, 0.5) is 0 Å². The van der Waals surface area contributed by atoms with E-state index >= 15 is 0 Å². The third-order valence-electron chi connectivity index (χ3n) is 3.31. The summed E-state index contributed by atoms with van der Waals surface area (Å²) in [5, 5.41) is 0. The maximum absolute atomic E-state index is 6.17. The first-order chi connectivity index (χ1) is 8.81. The van der Waals surface area contributed by atoms with Gasteiger partial charge in [-0.2, -0.15) is 0 Å². The fourth-order valence-electron chi connectivity index (χ4n) is 2.14. The second-order valence-electron chi connectivity index (χ2n) is 4.74. The van der Waals surface area contributed by atoms with Gasteiger partial charge in [0.05, 0.1) is 0 Å². The van der Waals surface area contributed by atoms with E-state index in [0.717, 1.165) is 6.42 Å². The Morgan fingerprint density at radius 3 is 2.11 bits per heavy atom. The van der Waals surface area contributed by atoms with Crippen molar-refractivity contribution >= 4 is 0 Å². The molecule has 0 heterocycles. The molecule has 0 radical (unpaired) electrons. The fraction of sp³-hybridized carbons (Fsp3) is 0.294. The van der Waals surface area contributed by atoms with Crippen LogP contribution >= 0.6 is 0 Å². The topological polar surface area (TPSA) is 26.0 Å². The highest BCUT2D eigenvalue weighted by molar-refractivity contribution is 5.63. The zero-order valence-electron chi connectivity index (χ0n) is 11.0. The lowest BCUT2D eigenvalue weighted by atomic mass is 9.98. The Morgan fingerprint density at radius 1 is 0.889 bits per heavy atom. The van der Waals surface area contributed by atoms with Crippen LogP contribution in [0, 0.1) is 0 Å². The third-order valence-corrected chi connectivity index (χ3v) is 3.31. The summed E-state index contributed by atoms with van der Waals surface area (Å²) in [5.74, 6) is 0. The van der Waals surface area contributed by atoms with Crippen molar-refractivity contribution in [3.8, 4) is 11.1 Å². The van der Waals surface area contributed by atoms with Crippen molar-refractivity contribution in [3.63, 3.8) is 0 Å². The summed E-state index contributed by atoms with van der Waals surface area (Å²) in [6.45, 7) is 2.20. The summed E-state index contributed by atoms with van der Waals surface area (Å²) >= 11 is 0. The van der Waals surface area contributed by atoms with Crippen LogP contribution in [-0.2, 0) is 0 Å². The zero-order chi connectivity index (χ0) is 12.8. The molecule has 0 fully saturated rings. The molecule has 0 saturated heterocycles. The smallest absolute Gasteiger partial charge is 0.0294 e. The molecule has 1 nitrogen and oxygen atoms in total. The number of rotatable bonds is 5. The molecule has 0 aliphatic heterocycles. The van der Waals surface area contributed by atoms with E-state index in [1.54, 1.807) is 0 Å². The quantitative estimate of drug-likeness (QED) is 0.814. The first-order valence-electron chi connectivity index (χ1n) is 6.72. The van der Waals surface area contributed by atoms with Crippen LogP contribution in [0.25, 0.3) is 11.1 Å². The number of benzene rings is 2. The maximum Gasteiger partial charge on any atom is 0.0294 e. The fourth-order valence-corrected chi connectivity index (χ4v) is 2.14. The highest BCUT2D eigenvalue weighted by atomic mass is 14.6. The lowest BCUT2D eigenvalue weighted by molar-refractivity contribution is 0.603. The van der Waals surface area contributed by atoms with Gasteiger partial charge in [-0.1, -0.05) is 74.4 Å².